The van der Waals surface area contributed by atoms with Crippen LogP contribution in [0.2, 0.25) is 0 Å². The molecule has 0 aliphatic carbocycles. The molecule has 1 aromatic rings. The molecule has 1 rings (SSSR count). The van der Waals surface area contributed by atoms with Crippen molar-refractivity contribution in [3.05, 3.63) is 36.4 Å². The van der Waals surface area contributed by atoms with Crippen LogP contribution in [0.5, 0.6) is 5.75 Å². The zero-order valence-electron chi connectivity index (χ0n) is 7.99. The van der Waals surface area contributed by atoms with Gasteiger partial charge in [-0.1, -0.05) is 18.7 Å². The molecule has 0 spiro atoms. The van der Waals surface area contributed by atoms with Crippen molar-refractivity contribution >= 4 is 11.5 Å². The van der Waals surface area contributed by atoms with Crippen LogP contribution in [0.1, 0.15) is 12.5 Å². The Morgan fingerprint density at radius 3 is 2.86 bits per heavy atom. The number of ether oxygens (including phenoxy) is 1. The van der Waals surface area contributed by atoms with Crippen molar-refractivity contribution < 1.29 is 14.6 Å². The summed E-state index contributed by atoms with van der Waals surface area (Å²) in [5.74, 6) is -0.356. The Morgan fingerprint density at radius 1 is 1.57 bits per heavy atom. The standard InChI is InChI=1S/C11H12O3/c1-3-14-10-6-4-5-9(7-10)8(2)11(12)13/h4-7H,2-3H2,1H3,(H,12,13). The minimum Gasteiger partial charge on any atom is -0.494 e. The van der Waals surface area contributed by atoms with E-state index in [9.17, 15) is 4.79 Å². The fraction of sp³-hybridized carbons (Fsp3) is 0.182. The summed E-state index contributed by atoms with van der Waals surface area (Å²) >= 11 is 0. The maximum Gasteiger partial charge on any atom is 0.335 e. The van der Waals surface area contributed by atoms with E-state index < -0.39 is 5.97 Å². The molecule has 3 heteroatoms. The maximum absolute atomic E-state index is 10.6. The van der Waals surface area contributed by atoms with Crippen LogP contribution in [0.4, 0.5) is 0 Å². The van der Waals surface area contributed by atoms with Crippen molar-refractivity contribution in [2.75, 3.05) is 6.61 Å². The molecule has 0 radical (unpaired) electrons. The van der Waals surface area contributed by atoms with Crippen LogP contribution in [0.3, 0.4) is 0 Å². The first-order chi connectivity index (χ1) is 6.65. The third-order valence-electron chi connectivity index (χ3n) is 1.75. The average molecular weight is 192 g/mol. The predicted octanol–water partition coefficient (Wildman–Crippen LogP) is 2.18. The highest BCUT2D eigenvalue weighted by Crippen LogP contribution is 2.19. The number of carboxylic acids is 1. The summed E-state index contributed by atoms with van der Waals surface area (Å²) in [4.78, 5) is 10.6. The number of hydrogen-bond donors (Lipinski definition) is 1. The second-order valence-electron chi connectivity index (χ2n) is 2.74. The van der Waals surface area contributed by atoms with Crippen LogP contribution >= 0.6 is 0 Å². The molecule has 0 atom stereocenters. The lowest BCUT2D eigenvalue weighted by Crippen LogP contribution is -1.98. The lowest BCUT2D eigenvalue weighted by atomic mass is 10.1. The topological polar surface area (TPSA) is 46.5 Å². The monoisotopic (exact) mass is 192 g/mol. The highest BCUT2D eigenvalue weighted by atomic mass is 16.5. The highest BCUT2D eigenvalue weighted by molar-refractivity contribution is 6.14. The van der Waals surface area contributed by atoms with Gasteiger partial charge in [0.15, 0.2) is 0 Å². The second-order valence-corrected chi connectivity index (χ2v) is 2.74. The van der Waals surface area contributed by atoms with Gasteiger partial charge in [-0.15, -0.1) is 0 Å². The molecule has 3 nitrogen and oxygen atoms in total. The molecule has 0 aromatic heterocycles. The summed E-state index contributed by atoms with van der Waals surface area (Å²) in [6.07, 6.45) is 0. The Bertz CT molecular complexity index is 355. The first kappa shape index (κ1) is 10.3. The van der Waals surface area contributed by atoms with E-state index in [0.717, 1.165) is 0 Å². The van der Waals surface area contributed by atoms with Crippen LogP contribution in [-0.4, -0.2) is 17.7 Å². The van der Waals surface area contributed by atoms with Crippen LogP contribution in [0.25, 0.3) is 5.57 Å². The molecule has 0 saturated carbocycles. The van der Waals surface area contributed by atoms with Gasteiger partial charge in [0.25, 0.3) is 0 Å². The summed E-state index contributed by atoms with van der Waals surface area (Å²) in [7, 11) is 0. The molecule has 1 N–H and O–H groups in total. The summed E-state index contributed by atoms with van der Waals surface area (Å²) in [6, 6.07) is 6.88. The largest absolute Gasteiger partial charge is 0.494 e. The SMILES string of the molecule is C=C(C(=O)O)c1cccc(OCC)c1. The van der Waals surface area contributed by atoms with Gasteiger partial charge in [-0.3, -0.25) is 0 Å². The van der Waals surface area contributed by atoms with Gasteiger partial charge in [-0.2, -0.15) is 0 Å². The normalized spacial score (nSPS) is 9.50. The minimum absolute atomic E-state index is 0.0755. The van der Waals surface area contributed by atoms with Gasteiger partial charge in [0.1, 0.15) is 5.75 Å². The smallest absolute Gasteiger partial charge is 0.335 e. The average Bonchev–Trinajstić information content (AvgIpc) is 2.17. The van der Waals surface area contributed by atoms with Crippen LogP contribution < -0.4 is 4.74 Å². The van der Waals surface area contributed by atoms with Gasteiger partial charge >= 0.3 is 5.97 Å². The van der Waals surface area contributed by atoms with Crippen LogP contribution in [0.15, 0.2) is 30.8 Å². The molecule has 0 fully saturated rings. The van der Waals surface area contributed by atoms with Gasteiger partial charge in [0, 0.05) is 0 Å². The van der Waals surface area contributed by atoms with Crippen LogP contribution in [0, 0.1) is 0 Å². The molecule has 0 aliphatic heterocycles. The number of rotatable bonds is 4. The molecule has 0 unspecified atom stereocenters. The molecule has 0 amide bonds. The van der Waals surface area contributed by atoms with E-state index >= 15 is 0 Å². The molecule has 14 heavy (non-hydrogen) atoms. The first-order valence-electron chi connectivity index (χ1n) is 4.30. The molecule has 0 aliphatic rings. The Morgan fingerprint density at radius 2 is 2.29 bits per heavy atom. The zero-order valence-corrected chi connectivity index (χ0v) is 7.99. The van der Waals surface area contributed by atoms with Crippen molar-refractivity contribution in [1.82, 2.24) is 0 Å². The Labute approximate surface area is 82.6 Å². The molecule has 0 heterocycles. The van der Waals surface area contributed by atoms with Gasteiger partial charge in [0.2, 0.25) is 0 Å². The number of carbonyl (C=O) groups is 1. The second kappa shape index (κ2) is 4.46. The Hall–Kier alpha value is -1.77. The third-order valence-corrected chi connectivity index (χ3v) is 1.75. The molecule has 0 saturated heterocycles. The summed E-state index contributed by atoms with van der Waals surface area (Å²) < 4.78 is 5.24. The van der Waals surface area contributed by atoms with Crippen molar-refractivity contribution in [2.24, 2.45) is 0 Å². The number of carboxylic acid groups (broad SMARTS) is 1. The van der Waals surface area contributed by atoms with Crippen molar-refractivity contribution in [3.8, 4) is 5.75 Å². The van der Waals surface area contributed by atoms with E-state index in [4.69, 9.17) is 9.84 Å². The third kappa shape index (κ3) is 2.36. The first-order valence-corrected chi connectivity index (χ1v) is 4.30. The summed E-state index contributed by atoms with van der Waals surface area (Å²) in [6.45, 7) is 5.90. The molecule has 0 bridgehead atoms. The van der Waals surface area contributed by atoms with E-state index in [1.54, 1.807) is 24.3 Å². The van der Waals surface area contributed by atoms with Crippen molar-refractivity contribution in [1.29, 1.82) is 0 Å². The molecule has 1 aromatic carbocycles. The van der Waals surface area contributed by atoms with E-state index in [0.29, 0.717) is 17.9 Å². The van der Waals surface area contributed by atoms with E-state index in [1.807, 2.05) is 6.92 Å². The molecule has 74 valence electrons. The van der Waals surface area contributed by atoms with E-state index in [1.165, 1.54) is 0 Å². The lowest BCUT2D eigenvalue weighted by molar-refractivity contribution is -0.130. The quantitative estimate of drug-likeness (QED) is 0.744. The van der Waals surface area contributed by atoms with Crippen molar-refractivity contribution in [2.45, 2.75) is 6.92 Å². The Balaban J connectivity index is 2.93. The maximum atomic E-state index is 10.6. The summed E-state index contributed by atoms with van der Waals surface area (Å²) in [5.41, 5.74) is 0.648. The summed E-state index contributed by atoms with van der Waals surface area (Å²) in [5, 5.41) is 8.72. The van der Waals surface area contributed by atoms with Crippen molar-refractivity contribution in [3.63, 3.8) is 0 Å². The fourth-order valence-electron chi connectivity index (χ4n) is 1.06. The molecular formula is C11H12O3. The Kier molecular flexibility index (Phi) is 3.29. The highest BCUT2D eigenvalue weighted by Gasteiger charge is 2.07. The lowest BCUT2D eigenvalue weighted by Gasteiger charge is -2.05. The van der Waals surface area contributed by atoms with Crippen LogP contribution in [-0.2, 0) is 4.79 Å². The molecular weight excluding hydrogens is 180 g/mol. The van der Waals surface area contributed by atoms with E-state index in [-0.39, 0.29) is 5.57 Å². The minimum atomic E-state index is -1.02. The number of benzene rings is 1. The van der Waals surface area contributed by atoms with Gasteiger partial charge in [-0.25, -0.2) is 4.79 Å². The number of aliphatic carboxylic acids is 1. The number of hydrogen-bond acceptors (Lipinski definition) is 2. The zero-order chi connectivity index (χ0) is 10.6. The van der Waals surface area contributed by atoms with Gasteiger partial charge < -0.3 is 9.84 Å². The predicted molar refractivity (Wildman–Crippen MR) is 54.3 cm³/mol. The van der Waals surface area contributed by atoms with E-state index in [2.05, 4.69) is 6.58 Å². The fourth-order valence-corrected chi connectivity index (χ4v) is 1.06. The van der Waals surface area contributed by atoms with Gasteiger partial charge in [0.05, 0.1) is 12.2 Å². The van der Waals surface area contributed by atoms with Gasteiger partial charge in [-0.05, 0) is 24.6 Å².